The fourth-order valence-corrected chi connectivity index (χ4v) is 5.54. The van der Waals surface area contributed by atoms with E-state index in [4.69, 9.17) is 9.15 Å². The zero-order valence-corrected chi connectivity index (χ0v) is 16.3. The first-order valence-corrected chi connectivity index (χ1v) is 10.8. The number of piperidine rings is 1. The number of hydrogen-bond donors (Lipinski definition) is 0. The Morgan fingerprint density at radius 1 is 1.19 bits per heavy atom. The van der Waals surface area contributed by atoms with Gasteiger partial charge in [0.15, 0.2) is 5.58 Å². The van der Waals surface area contributed by atoms with Crippen LogP contribution >= 0.6 is 0 Å². The van der Waals surface area contributed by atoms with Crippen LogP contribution in [0, 0.1) is 5.92 Å². The first-order valence-electron chi connectivity index (χ1n) is 9.35. The van der Waals surface area contributed by atoms with E-state index in [1.54, 1.807) is 23.5 Å². The van der Waals surface area contributed by atoms with Gasteiger partial charge in [-0.3, -0.25) is 9.47 Å². The predicted octanol–water partition coefficient (Wildman–Crippen LogP) is 0.864. The third kappa shape index (κ3) is 3.69. The van der Waals surface area contributed by atoms with Gasteiger partial charge in [-0.15, -0.1) is 0 Å². The molecule has 2 aliphatic rings. The van der Waals surface area contributed by atoms with Crippen molar-refractivity contribution in [3.63, 3.8) is 0 Å². The number of oxazole rings is 1. The van der Waals surface area contributed by atoms with Crippen LogP contribution in [0.5, 0.6) is 0 Å². The van der Waals surface area contributed by atoms with E-state index >= 15 is 0 Å². The molecular formula is C18H25N3O5S. The predicted molar refractivity (Wildman–Crippen MR) is 100 cm³/mol. The Hall–Kier alpha value is -1.68. The van der Waals surface area contributed by atoms with E-state index in [9.17, 15) is 13.2 Å². The summed E-state index contributed by atoms with van der Waals surface area (Å²) in [4.78, 5) is 14.2. The summed E-state index contributed by atoms with van der Waals surface area (Å²) in [6.45, 7) is 5.27. The molecule has 3 heterocycles. The number of morpholine rings is 1. The van der Waals surface area contributed by atoms with Gasteiger partial charge in [-0.25, -0.2) is 13.2 Å². The van der Waals surface area contributed by atoms with Crippen molar-refractivity contribution in [3.8, 4) is 0 Å². The van der Waals surface area contributed by atoms with Crippen LogP contribution in [0.1, 0.15) is 12.8 Å². The Labute approximate surface area is 158 Å². The molecule has 27 heavy (non-hydrogen) atoms. The second kappa shape index (κ2) is 7.38. The standard InChI is InChI=1S/C18H25N3O5S/c1-19-16-5-4-15(11-17(16)26-18(19)22)27(23,24)21-6-2-3-14(13-21)12-20-7-9-25-10-8-20/h4-5,11,14H,2-3,6-10,12-13H2,1H3/t14-/m1/s1. The molecule has 0 saturated carbocycles. The van der Waals surface area contributed by atoms with Gasteiger partial charge in [0.2, 0.25) is 10.0 Å². The van der Waals surface area contributed by atoms with Gasteiger partial charge in [0, 0.05) is 45.8 Å². The van der Waals surface area contributed by atoms with Crippen molar-refractivity contribution in [1.82, 2.24) is 13.8 Å². The van der Waals surface area contributed by atoms with Crippen molar-refractivity contribution < 1.29 is 17.6 Å². The lowest BCUT2D eigenvalue weighted by molar-refractivity contribution is 0.0265. The quantitative estimate of drug-likeness (QED) is 0.764. The van der Waals surface area contributed by atoms with E-state index in [1.807, 2.05) is 0 Å². The minimum atomic E-state index is -3.61. The fourth-order valence-electron chi connectivity index (χ4n) is 3.97. The van der Waals surface area contributed by atoms with E-state index in [1.165, 1.54) is 10.6 Å². The zero-order valence-electron chi connectivity index (χ0n) is 15.5. The minimum absolute atomic E-state index is 0.177. The number of benzene rings is 1. The van der Waals surface area contributed by atoms with Gasteiger partial charge >= 0.3 is 5.76 Å². The van der Waals surface area contributed by atoms with E-state index in [0.29, 0.717) is 30.1 Å². The number of sulfonamides is 1. The Morgan fingerprint density at radius 3 is 2.74 bits per heavy atom. The lowest BCUT2D eigenvalue weighted by atomic mass is 9.99. The third-order valence-electron chi connectivity index (χ3n) is 5.50. The number of nitrogens with zero attached hydrogens (tertiary/aromatic N) is 3. The van der Waals surface area contributed by atoms with Crippen molar-refractivity contribution in [3.05, 3.63) is 28.7 Å². The summed E-state index contributed by atoms with van der Waals surface area (Å²) in [6, 6.07) is 4.64. The van der Waals surface area contributed by atoms with E-state index in [2.05, 4.69) is 4.90 Å². The fraction of sp³-hybridized carbons (Fsp3) is 0.611. The number of aromatic nitrogens is 1. The molecule has 0 N–H and O–H groups in total. The molecule has 1 aromatic carbocycles. The molecule has 2 aromatic rings. The highest BCUT2D eigenvalue weighted by atomic mass is 32.2. The van der Waals surface area contributed by atoms with E-state index < -0.39 is 15.8 Å². The summed E-state index contributed by atoms with van der Waals surface area (Å²) in [5, 5.41) is 0. The Balaban J connectivity index is 1.53. The Kier molecular flexibility index (Phi) is 5.11. The monoisotopic (exact) mass is 395 g/mol. The van der Waals surface area contributed by atoms with Crippen molar-refractivity contribution in [2.45, 2.75) is 17.7 Å². The minimum Gasteiger partial charge on any atom is -0.408 e. The highest BCUT2D eigenvalue weighted by molar-refractivity contribution is 7.89. The van der Waals surface area contributed by atoms with E-state index in [-0.39, 0.29) is 4.90 Å². The maximum atomic E-state index is 13.1. The Bertz CT molecular complexity index is 975. The number of fused-ring (bicyclic) bond motifs is 1. The van der Waals surface area contributed by atoms with Crippen molar-refractivity contribution in [2.75, 3.05) is 45.9 Å². The van der Waals surface area contributed by atoms with Crippen LogP contribution in [-0.4, -0.2) is 68.1 Å². The Morgan fingerprint density at radius 2 is 1.96 bits per heavy atom. The van der Waals surface area contributed by atoms with Crippen LogP contribution < -0.4 is 5.76 Å². The molecule has 0 aliphatic carbocycles. The second-order valence-electron chi connectivity index (χ2n) is 7.34. The SMILES string of the molecule is Cn1c(=O)oc2cc(S(=O)(=O)N3CCC[C@H](CN4CCOCC4)C3)ccc21. The lowest BCUT2D eigenvalue weighted by Crippen LogP contribution is -2.46. The molecular weight excluding hydrogens is 370 g/mol. The second-order valence-corrected chi connectivity index (χ2v) is 9.28. The van der Waals surface area contributed by atoms with Crippen LogP contribution in [0.4, 0.5) is 0 Å². The summed E-state index contributed by atoms with van der Waals surface area (Å²) >= 11 is 0. The van der Waals surface area contributed by atoms with Crippen molar-refractivity contribution in [1.29, 1.82) is 0 Å². The molecule has 0 radical (unpaired) electrons. The first kappa shape index (κ1) is 18.7. The number of ether oxygens (including phenoxy) is 1. The largest absolute Gasteiger partial charge is 0.419 e. The van der Waals surface area contributed by atoms with Crippen LogP contribution in [0.25, 0.3) is 11.1 Å². The molecule has 1 atom stereocenters. The summed E-state index contributed by atoms with van der Waals surface area (Å²) < 4.78 is 39.7. The summed E-state index contributed by atoms with van der Waals surface area (Å²) in [5.74, 6) is -0.173. The molecule has 1 aromatic heterocycles. The normalized spacial score (nSPS) is 23.1. The summed E-state index contributed by atoms with van der Waals surface area (Å²) in [5.41, 5.74) is 0.883. The van der Waals surface area contributed by atoms with Crippen LogP contribution in [0.3, 0.4) is 0 Å². The van der Waals surface area contributed by atoms with Gasteiger partial charge in [-0.2, -0.15) is 4.31 Å². The molecule has 0 amide bonds. The number of aryl methyl sites for hydroxylation is 1. The highest BCUT2D eigenvalue weighted by Gasteiger charge is 2.31. The van der Waals surface area contributed by atoms with Crippen molar-refractivity contribution in [2.24, 2.45) is 13.0 Å². The van der Waals surface area contributed by atoms with Crippen LogP contribution in [-0.2, 0) is 21.8 Å². The zero-order chi connectivity index (χ0) is 19.0. The molecule has 2 saturated heterocycles. The maximum absolute atomic E-state index is 13.1. The lowest BCUT2D eigenvalue weighted by Gasteiger charge is -2.36. The molecule has 2 aliphatic heterocycles. The first-order chi connectivity index (χ1) is 12.9. The molecule has 0 unspecified atom stereocenters. The molecule has 0 bridgehead atoms. The highest BCUT2D eigenvalue weighted by Crippen LogP contribution is 2.26. The number of hydrogen-bond acceptors (Lipinski definition) is 6. The van der Waals surface area contributed by atoms with Gasteiger partial charge in [0.1, 0.15) is 0 Å². The smallest absolute Gasteiger partial charge is 0.408 e. The molecule has 8 nitrogen and oxygen atoms in total. The van der Waals surface area contributed by atoms with Gasteiger partial charge in [-0.1, -0.05) is 0 Å². The van der Waals surface area contributed by atoms with Crippen LogP contribution in [0.15, 0.2) is 32.3 Å². The average molecular weight is 395 g/mol. The van der Waals surface area contributed by atoms with Gasteiger partial charge in [0.05, 0.1) is 23.6 Å². The number of rotatable bonds is 4. The maximum Gasteiger partial charge on any atom is 0.419 e. The molecule has 0 spiro atoms. The summed E-state index contributed by atoms with van der Waals surface area (Å²) in [6.07, 6.45) is 1.90. The van der Waals surface area contributed by atoms with Gasteiger partial charge in [0.25, 0.3) is 0 Å². The molecule has 9 heteroatoms. The van der Waals surface area contributed by atoms with E-state index in [0.717, 1.165) is 45.7 Å². The molecule has 4 rings (SSSR count). The molecule has 148 valence electrons. The van der Waals surface area contributed by atoms with Gasteiger partial charge < -0.3 is 9.15 Å². The average Bonchev–Trinajstić information content (AvgIpc) is 2.96. The third-order valence-corrected chi connectivity index (χ3v) is 7.36. The van der Waals surface area contributed by atoms with Crippen molar-refractivity contribution >= 4 is 21.1 Å². The molecule has 2 fully saturated rings. The van der Waals surface area contributed by atoms with Crippen LogP contribution in [0.2, 0.25) is 0 Å². The topological polar surface area (TPSA) is 85.0 Å². The van der Waals surface area contributed by atoms with Gasteiger partial charge in [-0.05, 0) is 30.9 Å². The summed E-state index contributed by atoms with van der Waals surface area (Å²) in [7, 11) is -2.01.